The number of hydrogen-bond donors (Lipinski definition) is 2. The van der Waals surface area contributed by atoms with Gasteiger partial charge in [0.1, 0.15) is 5.56 Å². The van der Waals surface area contributed by atoms with Gasteiger partial charge in [0.25, 0.3) is 0 Å². The number of aromatic hydroxyl groups is 1. The minimum absolute atomic E-state index is 0.275. The molecule has 31 heavy (non-hydrogen) atoms. The highest BCUT2D eigenvalue weighted by molar-refractivity contribution is 6.06. The molecule has 0 atom stereocenters. The van der Waals surface area contributed by atoms with Crippen LogP contribution >= 0.6 is 0 Å². The number of halogens is 6. The van der Waals surface area contributed by atoms with E-state index in [1.54, 1.807) is 0 Å². The van der Waals surface area contributed by atoms with Crippen LogP contribution in [0.3, 0.4) is 0 Å². The Morgan fingerprint density at radius 3 is 2.03 bits per heavy atom. The van der Waals surface area contributed by atoms with E-state index in [0.29, 0.717) is 5.56 Å². The van der Waals surface area contributed by atoms with E-state index in [0.717, 1.165) is 42.5 Å². The SMILES string of the molecule is O=C(O)c1c(O)c(C2(c3ccc(C(F)(F)F)cc3)CC2)nc2c(C(F)(F)F)cccc12. The van der Waals surface area contributed by atoms with Crippen molar-refractivity contribution in [3.05, 3.63) is 70.4 Å². The first kappa shape index (κ1) is 21.0. The van der Waals surface area contributed by atoms with Crippen LogP contribution in [0.4, 0.5) is 26.3 Å². The van der Waals surface area contributed by atoms with Gasteiger partial charge in [-0.2, -0.15) is 26.3 Å². The van der Waals surface area contributed by atoms with E-state index in [4.69, 9.17) is 0 Å². The number of hydrogen-bond acceptors (Lipinski definition) is 3. The van der Waals surface area contributed by atoms with Crippen LogP contribution < -0.4 is 0 Å². The molecule has 3 aromatic rings. The number of carbonyl (C=O) groups is 1. The molecule has 0 unspecified atom stereocenters. The van der Waals surface area contributed by atoms with Gasteiger partial charge in [0.2, 0.25) is 0 Å². The second kappa shape index (κ2) is 6.60. The topological polar surface area (TPSA) is 70.4 Å². The molecule has 0 bridgehead atoms. The quantitative estimate of drug-likeness (QED) is 0.508. The second-order valence-corrected chi connectivity index (χ2v) is 7.35. The first-order valence-corrected chi connectivity index (χ1v) is 9.00. The molecule has 1 heterocycles. The van der Waals surface area contributed by atoms with Crippen LogP contribution in [0.15, 0.2) is 42.5 Å². The van der Waals surface area contributed by atoms with Crippen LogP contribution in [0.5, 0.6) is 5.75 Å². The van der Waals surface area contributed by atoms with Gasteiger partial charge in [-0.3, -0.25) is 0 Å². The lowest BCUT2D eigenvalue weighted by Gasteiger charge is -2.21. The molecule has 10 heteroatoms. The molecular formula is C21H13F6NO3. The molecule has 1 aromatic heterocycles. The number of fused-ring (bicyclic) bond motifs is 1. The van der Waals surface area contributed by atoms with Gasteiger partial charge in [0.05, 0.1) is 22.3 Å². The van der Waals surface area contributed by atoms with E-state index >= 15 is 0 Å². The van der Waals surface area contributed by atoms with Gasteiger partial charge in [-0.05, 0) is 36.6 Å². The molecule has 2 aromatic carbocycles. The van der Waals surface area contributed by atoms with Gasteiger partial charge in [-0.1, -0.05) is 24.3 Å². The fourth-order valence-corrected chi connectivity index (χ4v) is 3.82. The number of benzene rings is 2. The van der Waals surface area contributed by atoms with Crippen molar-refractivity contribution < 1.29 is 41.4 Å². The number of carboxylic acid groups (broad SMARTS) is 1. The van der Waals surface area contributed by atoms with E-state index in [-0.39, 0.29) is 23.9 Å². The fourth-order valence-electron chi connectivity index (χ4n) is 3.82. The molecule has 0 saturated heterocycles. The average Bonchev–Trinajstić information content (AvgIpc) is 3.47. The molecule has 1 aliphatic carbocycles. The lowest BCUT2D eigenvalue weighted by Crippen LogP contribution is -2.16. The van der Waals surface area contributed by atoms with Crippen molar-refractivity contribution in [2.45, 2.75) is 30.6 Å². The zero-order valence-electron chi connectivity index (χ0n) is 15.5. The molecule has 0 aliphatic heterocycles. The Morgan fingerprint density at radius 1 is 0.935 bits per heavy atom. The van der Waals surface area contributed by atoms with Crippen LogP contribution in [0.1, 0.15) is 45.6 Å². The van der Waals surface area contributed by atoms with Crippen molar-refractivity contribution in [3.8, 4) is 5.75 Å². The van der Waals surface area contributed by atoms with Crippen LogP contribution in [-0.4, -0.2) is 21.2 Å². The normalized spacial score (nSPS) is 15.8. The maximum atomic E-state index is 13.5. The summed E-state index contributed by atoms with van der Waals surface area (Å²) in [5.41, 5.74) is -4.63. The Kier molecular flexibility index (Phi) is 4.46. The number of para-hydroxylation sites is 1. The van der Waals surface area contributed by atoms with Gasteiger partial charge >= 0.3 is 18.3 Å². The summed E-state index contributed by atoms with van der Waals surface area (Å²) in [7, 11) is 0. The largest absolute Gasteiger partial charge is 0.505 e. The van der Waals surface area contributed by atoms with Crippen molar-refractivity contribution >= 4 is 16.9 Å². The third-order valence-electron chi connectivity index (χ3n) is 5.48. The standard InChI is InChI=1S/C21H13F6NO3/c22-20(23,24)11-6-4-10(5-7-11)19(8-9-19)17-16(29)14(18(30)31)12-2-1-3-13(15(12)28-17)21(25,26)27/h1-7,29H,8-9H2,(H,30,31). The number of carboxylic acids is 1. The van der Waals surface area contributed by atoms with E-state index < -0.39 is 51.7 Å². The molecule has 1 aliphatic rings. The minimum atomic E-state index is -4.83. The van der Waals surface area contributed by atoms with E-state index in [9.17, 15) is 41.4 Å². The molecule has 1 fully saturated rings. The molecule has 1 saturated carbocycles. The van der Waals surface area contributed by atoms with E-state index in [2.05, 4.69) is 4.98 Å². The Morgan fingerprint density at radius 2 is 1.55 bits per heavy atom. The third kappa shape index (κ3) is 3.35. The van der Waals surface area contributed by atoms with Gasteiger partial charge < -0.3 is 10.2 Å². The number of pyridine rings is 1. The lowest BCUT2D eigenvalue weighted by atomic mass is 9.88. The predicted octanol–water partition coefficient (Wildman–Crippen LogP) is 5.76. The monoisotopic (exact) mass is 441 g/mol. The Hall–Kier alpha value is -3.30. The van der Waals surface area contributed by atoms with Crippen molar-refractivity contribution in [1.29, 1.82) is 0 Å². The first-order chi connectivity index (χ1) is 14.4. The molecule has 2 N–H and O–H groups in total. The minimum Gasteiger partial charge on any atom is -0.505 e. The fraction of sp³-hybridized carbons (Fsp3) is 0.238. The summed E-state index contributed by atoms with van der Waals surface area (Å²) < 4.78 is 79.2. The van der Waals surface area contributed by atoms with Gasteiger partial charge in [-0.15, -0.1) is 0 Å². The molecule has 162 valence electrons. The molecule has 4 nitrogen and oxygen atoms in total. The molecule has 0 amide bonds. The summed E-state index contributed by atoms with van der Waals surface area (Å²) in [6.45, 7) is 0. The highest BCUT2D eigenvalue weighted by Gasteiger charge is 2.50. The van der Waals surface area contributed by atoms with Crippen LogP contribution in [0.2, 0.25) is 0 Å². The van der Waals surface area contributed by atoms with Gasteiger partial charge in [0, 0.05) is 10.8 Å². The average molecular weight is 441 g/mol. The molecular weight excluding hydrogens is 428 g/mol. The summed E-state index contributed by atoms with van der Waals surface area (Å²) in [5.74, 6) is -2.44. The molecule has 0 spiro atoms. The summed E-state index contributed by atoms with van der Waals surface area (Å²) in [6, 6.07) is 6.86. The van der Waals surface area contributed by atoms with Crippen molar-refractivity contribution in [1.82, 2.24) is 4.98 Å². The van der Waals surface area contributed by atoms with Crippen molar-refractivity contribution in [2.24, 2.45) is 0 Å². The van der Waals surface area contributed by atoms with Gasteiger partial charge in [-0.25, -0.2) is 9.78 Å². The van der Waals surface area contributed by atoms with Crippen molar-refractivity contribution in [3.63, 3.8) is 0 Å². The van der Waals surface area contributed by atoms with Crippen LogP contribution in [0, 0.1) is 0 Å². The Balaban J connectivity index is 1.97. The van der Waals surface area contributed by atoms with Crippen molar-refractivity contribution in [2.75, 3.05) is 0 Å². The summed E-state index contributed by atoms with van der Waals surface area (Å²) in [5, 5.41) is 19.9. The predicted molar refractivity (Wildman–Crippen MR) is 96.8 cm³/mol. The van der Waals surface area contributed by atoms with Crippen LogP contribution in [0.25, 0.3) is 10.9 Å². The molecule has 4 rings (SSSR count). The summed E-state index contributed by atoms with van der Waals surface area (Å²) in [6.07, 6.45) is -8.85. The maximum absolute atomic E-state index is 13.5. The Bertz CT molecular complexity index is 1190. The Labute approximate surface area is 170 Å². The smallest absolute Gasteiger partial charge is 0.418 e. The third-order valence-corrected chi connectivity index (χ3v) is 5.48. The number of aromatic carboxylic acids is 1. The van der Waals surface area contributed by atoms with Crippen LogP contribution in [-0.2, 0) is 17.8 Å². The summed E-state index contributed by atoms with van der Waals surface area (Å²) in [4.78, 5) is 15.8. The summed E-state index contributed by atoms with van der Waals surface area (Å²) >= 11 is 0. The highest BCUT2D eigenvalue weighted by Crippen LogP contribution is 2.56. The number of rotatable bonds is 3. The zero-order chi connectivity index (χ0) is 22.8. The molecule has 0 radical (unpaired) electrons. The number of nitrogens with zero attached hydrogens (tertiary/aromatic N) is 1. The lowest BCUT2D eigenvalue weighted by molar-refractivity contribution is -0.138. The van der Waals surface area contributed by atoms with E-state index in [1.165, 1.54) is 0 Å². The first-order valence-electron chi connectivity index (χ1n) is 9.00. The number of alkyl halides is 6. The second-order valence-electron chi connectivity index (χ2n) is 7.35. The van der Waals surface area contributed by atoms with Gasteiger partial charge in [0.15, 0.2) is 5.75 Å². The zero-order valence-corrected chi connectivity index (χ0v) is 15.5. The maximum Gasteiger partial charge on any atom is 0.418 e. The highest BCUT2D eigenvalue weighted by atomic mass is 19.4. The van der Waals surface area contributed by atoms with E-state index in [1.807, 2.05) is 0 Å². The number of aromatic nitrogens is 1.